The topological polar surface area (TPSA) is 38.1 Å². The summed E-state index contributed by atoms with van der Waals surface area (Å²) in [6, 6.07) is 0. The van der Waals surface area contributed by atoms with E-state index in [1.54, 1.807) is 7.05 Å². The van der Waals surface area contributed by atoms with E-state index in [1.165, 1.54) is 17.1 Å². The van der Waals surface area contributed by atoms with Crippen LogP contribution >= 0.6 is 11.6 Å². The minimum absolute atomic E-state index is 0.0260. The molecule has 0 N–H and O–H groups in total. The van der Waals surface area contributed by atoms with Crippen molar-refractivity contribution in [1.82, 2.24) is 14.5 Å². The summed E-state index contributed by atoms with van der Waals surface area (Å²) in [7, 11) is 1.62. The molecule has 17 heavy (non-hydrogen) atoms. The number of halogens is 4. The lowest BCUT2D eigenvalue weighted by Gasteiger charge is -2.21. The number of hydrogen-bond donors (Lipinski definition) is 0. The highest BCUT2D eigenvalue weighted by molar-refractivity contribution is 6.18. The van der Waals surface area contributed by atoms with Gasteiger partial charge in [0.2, 0.25) is 0 Å². The van der Waals surface area contributed by atoms with Gasteiger partial charge in [0.15, 0.2) is 0 Å². The molecule has 8 heteroatoms. The van der Waals surface area contributed by atoms with Gasteiger partial charge in [-0.25, -0.2) is 4.98 Å². The third-order valence-electron chi connectivity index (χ3n) is 1.94. The molecular weight excluding hydrogens is 259 g/mol. The highest BCUT2D eigenvalue weighted by atomic mass is 35.5. The number of aromatic nitrogens is 2. The number of imidazole rings is 1. The van der Waals surface area contributed by atoms with Crippen LogP contribution in [-0.2, 0) is 7.05 Å². The first kappa shape index (κ1) is 13.8. The fraction of sp³-hybridized carbons (Fsp3) is 0.556. The van der Waals surface area contributed by atoms with Gasteiger partial charge in [0.05, 0.1) is 6.33 Å². The second kappa shape index (κ2) is 5.39. The molecule has 0 aliphatic carbocycles. The predicted molar refractivity (Wildman–Crippen MR) is 55.9 cm³/mol. The summed E-state index contributed by atoms with van der Waals surface area (Å²) in [5, 5.41) is 0. The van der Waals surface area contributed by atoms with E-state index in [-0.39, 0.29) is 18.1 Å². The van der Waals surface area contributed by atoms with E-state index < -0.39 is 18.6 Å². The van der Waals surface area contributed by atoms with E-state index in [2.05, 4.69) is 4.98 Å². The first-order valence-electron chi connectivity index (χ1n) is 4.73. The SMILES string of the molecule is Cn1cnc(C(=O)N(CCCl)CC(F)(F)F)c1. The number of nitrogens with zero attached hydrogens (tertiary/aromatic N) is 3. The van der Waals surface area contributed by atoms with Gasteiger partial charge >= 0.3 is 6.18 Å². The predicted octanol–water partition coefficient (Wildman–Crippen LogP) is 1.66. The number of carbonyl (C=O) groups is 1. The zero-order valence-corrected chi connectivity index (χ0v) is 9.79. The maximum atomic E-state index is 12.2. The fourth-order valence-electron chi connectivity index (χ4n) is 1.26. The van der Waals surface area contributed by atoms with Gasteiger partial charge in [-0.2, -0.15) is 13.2 Å². The Morgan fingerprint density at radius 1 is 1.59 bits per heavy atom. The van der Waals surface area contributed by atoms with E-state index in [4.69, 9.17) is 11.6 Å². The molecule has 0 saturated heterocycles. The summed E-state index contributed by atoms with van der Waals surface area (Å²) in [5.41, 5.74) is -0.0260. The first-order chi connectivity index (χ1) is 7.83. The third-order valence-corrected chi connectivity index (χ3v) is 2.10. The van der Waals surface area contributed by atoms with Crippen molar-refractivity contribution in [3.05, 3.63) is 18.2 Å². The van der Waals surface area contributed by atoms with Crippen LogP contribution < -0.4 is 0 Å². The molecule has 96 valence electrons. The number of hydrogen-bond acceptors (Lipinski definition) is 2. The molecule has 0 aliphatic heterocycles. The number of rotatable bonds is 4. The van der Waals surface area contributed by atoms with Gasteiger partial charge in [-0.05, 0) is 0 Å². The molecule has 0 atom stereocenters. The van der Waals surface area contributed by atoms with Crippen LogP contribution in [0.15, 0.2) is 12.5 Å². The lowest BCUT2D eigenvalue weighted by atomic mass is 10.3. The van der Waals surface area contributed by atoms with Crippen LogP contribution in [0.3, 0.4) is 0 Å². The monoisotopic (exact) mass is 269 g/mol. The highest BCUT2D eigenvalue weighted by Gasteiger charge is 2.33. The van der Waals surface area contributed by atoms with Crippen molar-refractivity contribution in [3.63, 3.8) is 0 Å². The van der Waals surface area contributed by atoms with Gasteiger partial charge in [-0.3, -0.25) is 4.79 Å². The summed E-state index contributed by atoms with van der Waals surface area (Å²) < 4.78 is 38.2. The summed E-state index contributed by atoms with van der Waals surface area (Å²) in [5.74, 6) is -0.835. The summed E-state index contributed by atoms with van der Waals surface area (Å²) in [6.07, 6.45) is -1.74. The fourth-order valence-corrected chi connectivity index (χ4v) is 1.46. The zero-order valence-electron chi connectivity index (χ0n) is 9.04. The van der Waals surface area contributed by atoms with Crippen molar-refractivity contribution in [1.29, 1.82) is 0 Å². The van der Waals surface area contributed by atoms with Gasteiger partial charge in [-0.15, -0.1) is 11.6 Å². The van der Waals surface area contributed by atoms with Gasteiger partial charge < -0.3 is 9.47 Å². The quantitative estimate of drug-likeness (QED) is 0.780. The molecule has 1 aromatic rings. The molecule has 1 heterocycles. The van der Waals surface area contributed by atoms with Crippen molar-refractivity contribution in [2.75, 3.05) is 19.0 Å². The van der Waals surface area contributed by atoms with E-state index >= 15 is 0 Å². The Balaban J connectivity index is 2.80. The van der Waals surface area contributed by atoms with Crippen LogP contribution in [0.4, 0.5) is 13.2 Å². The smallest absolute Gasteiger partial charge is 0.340 e. The van der Waals surface area contributed by atoms with E-state index in [9.17, 15) is 18.0 Å². The average molecular weight is 270 g/mol. The van der Waals surface area contributed by atoms with E-state index in [0.717, 1.165) is 0 Å². The lowest BCUT2D eigenvalue weighted by Crippen LogP contribution is -2.40. The maximum absolute atomic E-state index is 12.2. The van der Waals surface area contributed by atoms with Crippen molar-refractivity contribution >= 4 is 17.5 Å². The minimum atomic E-state index is -4.45. The molecule has 0 aliphatic rings. The van der Waals surface area contributed by atoms with Crippen molar-refractivity contribution < 1.29 is 18.0 Å². The van der Waals surface area contributed by atoms with Crippen LogP contribution in [0, 0.1) is 0 Å². The van der Waals surface area contributed by atoms with Crippen LogP contribution in [0.25, 0.3) is 0 Å². The third kappa shape index (κ3) is 4.26. The largest absolute Gasteiger partial charge is 0.406 e. The molecule has 0 saturated carbocycles. The standard InChI is InChI=1S/C9H11ClF3N3O/c1-15-4-7(14-6-15)8(17)16(3-2-10)5-9(11,12)13/h4,6H,2-3,5H2,1H3. The number of aryl methyl sites for hydroxylation is 1. The maximum Gasteiger partial charge on any atom is 0.406 e. The number of carbonyl (C=O) groups excluding carboxylic acids is 1. The first-order valence-corrected chi connectivity index (χ1v) is 5.27. The molecule has 1 amide bonds. The summed E-state index contributed by atoms with van der Waals surface area (Å²) >= 11 is 5.38. The van der Waals surface area contributed by atoms with Crippen LogP contribution in [0.2, 0.25) is 0 Å². The molecule has 0 unspecified atom stereocenters. The minimum Gasteiger partial charge on any atom is -0.340 e. The van der Waals surface area contributed by atoms with Crippen LogP contribution in [-0.4, -0.2) is 45.5 Å². The second-order valence-corrected chi connectivity index (χ2v) is 3.83. The van der Waals surface area contributed by atoms with E-state index in [1.807, 2.05) is 0 Å². The van der Waals surface area contributed by atoms with Gasteiger partial charge in [0, 0.05) is 25.7 Å². The normalized spacial score (nSPS) is 11.6. The molecule has 0 aromatic carbocycles. The number of alkyl halides is 4. The average Bonchev–Trinajstić information content (AvgIpc) is 2.61. The zero-order chi connectivity index (χ0) is 13.1. The Morgan fingerprint density at radius 3 is 2.65 bits per heavy atom. The molecule has 1 aromatic heterocycles. The molecule has 0 spiro atoms. The summed E-state index contributed by atoms with van der Waals surface area (Å²) in [4.78, 5) is 16.1. The second-order valence-electron chi connectivity index (χ2n) is 3.46. The summed E-state index contributed by atoms with van der Waals surface area (Å²) in [6.45, 7) is -1.49. The van der Waals surface area contributed by atoms with Gasteiger partial charge in [0.25, 0.3) is 5.91 Å². The van der Waals surface area contributed by atoms with Crippen LogP contribution in [0.1, 0.15) is 10.5 Å². The van der Waals surface area contributed by atoms with Gasteiger partial charge in [0.1, 0.15) is 12.2 Å². The Morgan fingerprint density at radius 2 is 2.24 bits per heavy atom. The Hall–Kier alpha value is -1.24. The van der Waals surface area contributed by atoms with E-state index in [0.29, 0.717) is 4.90 Å². The Kier molecular flexibility index (Phi) is 4.39. The van der Waals surface area contributed by atoms with Crippen molar-refractivity contribution in [2.45, 2.75) is 6.18 Å². The lowest BCUT2D eigenvalue weighted by molar-refractivity contribution is -0.140. The molecule has 0 fully saturated rings. The molecule has 0 radical (unpaired) electrons. The van der Waals surface area contributed by atoms with Crippen molar-refractivity contribution in [3.8, 4) is 0 Å². The number of amides is 1. The van der Waals surface area contributed by atoms with Gasteiger partial charge in [-0.1, -0.05) is 0 Å². The molecule has 1 rings (SSSR count). The molecule has 4 nitrogen and oxygen atoms in total. The molecular formula is C9H11ClF3N3O. The van der Waals surface area contributed by atoms with Crippen molar-refractivity contribution in [2.24, 2.45) is 7.05 Å². The Bertz CT molecular complexity index is 391. The highest BCUT2D eigenvalue weighted by Crippen LogP contribution is 2.17. The Labute approximate surface area is 101 Å². The molecule has 0 bridgehead atoms. The van der Waals surface area contributed by atoms with Crippen LogP contribution in [0.5, 0.6) is 0 Å².